The van der Waals surface area contributed by atoms with E-state index in [1.54, 1.807) is 0 Å². The molecule has 0 saturated carbocycles. The third-order valence-corrected chi connectivity index (χ3v) is 6.88. The topological polar surface area (TPSA) is 47.6 Å². The number of thioether (sulfide) groups is 1. The Morgan fingerprint density at radius 3 is 2.56 bits per heavy atom. The maximum absolute atomic E-state index is 9.39. The van der Waals surface area contributed by atoms with Crippen LogP contribution in [-0.4, -0.2) is 23.0 Å². The molecule has 0 spiro atoms. The summed E-state index contributed by atoms with van der Waals surface area (Å²) >= 11 is 1.81. The molecule has 4 nitrogen and oxygen atoms in total. The van der Waals surface area contributed by atoms with Crippen molar-refractivity contribution in [3.63, 3.8) is 0 Å². The van der Waals surface area contributed by atoms with Crippen LogP contribution >= 0.6 is 11.8 Å². The van der Waals surface area contributed by atoms with Crippen LogP contribution in [0.1, 0.15) is 12.5 Å². The molecule has 2 N–H and O–H groups in total. The van der Waals surface area contributed by atoms with Crippen molar-refractivity contribution in [3.05, 3.63) is 95.7 Å². The predicted molar refractivity (Wildman–Crippen MR) is 132 cm³/mol. The highest BCUT2D eigenvalue weighted by molar-refractivity contribution is 8.03. The summed E-state index contributed by atoms with van der Waals surface area (Å²) in [5, 5.41) is 23.6. The minimum Gasteiger partial charge on any atom is -0.363 e. The third kappa shape index (κ3) is 3.79. The number of nitrogens with zero attached hydrogens (tertiary/aromatic N) is 2. The fourth-order valence-electron chi connectivity index (χ4n) is 4.33. The second-order valence-electron chi connectivity index (χ2n) is 7.76. The Labute approximate surface area is 191 Å². The molecule has 5 rings (SSSR count). The maximum Gasteiger partial charge on any atom is 0.213 e. The quantitative estimate of drug-likeness (QED) is 0.335. The van der Waals surface area contributed by atoms with Gasteiger partial charge in [0, 0.05) is 29.0 Å². The van der Waals surface area contributed by atoms with Gasteiger partial charge in [-0.2, -0.15) is 4.57 Å². The van der Waals surface area contributed by atoms with Crippen molar-refractivity contribution >= 4 is 45.2 Å². The molecule has 2 heterocycles. The van der Waals surface area contributed by atoms with Crippen LogP contribution in [0.3, 0.4) is 0 Å². The fraction of sp³-hybridized carbons (Fsp3) is 0.148. The molecule has 0 amide bonds. The number of para-hydroxylation sites is 1. The van der Waals surface area contributed by atoms with Gasteiger partial charge >= 0.3 is 0 Å². The molecule has 0 radical (unpaired) electrons. The molecule has 1 aromatic heterocycles. The maximum atomic E-state index is 9.39. The molecule has 32 heavy (non-hydrogen) atoms. The van der Waals surface area contributed by atoms with Gasteiger partial charge in [-0.3, -0.25) is 0 Å². The van der Waals surface area contributed by atoms with Gasteiger partial charge in [0.2, 0.25) is 11.8 Å². The number of pyridine rings is 1. The van der Waals surface area contributed by atoms with Crippen molar-refractivity contribution in [2.75, 3.05) is 11.4 Å². The van der Waals surface area contributed by atoms with Gasteiger partial charge in [-0.1, -0.05) is 66.4 Å². The molecule has 0 saturated heterocycles. The summed E-state index contributed by atoms with van der Waals surface area (Å²) < 4.78 is 1.86. The van der Waals surface area contributed by atoms with Crippen LogP contribution in [0, 0.1) is 0 Å². The lowest BCUT2D eigenvalue weighted by molar-refractivity contribution is -0.685. The van der Waals surface area contributed by atoms with Gasteiger partial charge < -0.3 is 15.1 Å². The summed E-state index contributed by atoms with van der Waals surface area (Å²) in [4.78, 5) is 3.67. The summed E-state index contributed by atoms with van der Waals surface area (Å²) in [6.07, 6.45) is 6.91. The number of aromatic nitrogens is 1. The molecule has 0 fully saturated rings. The number of fused-ring (bicyclic) bond motifs is 4. The Morgan fingerprint density at radius 1 is 0.969 bits per heavy atom. The molecule has 1 aliphatic rings. The van der Waals surface area contributed by atoms with Gasteiger partial charge in [0.25, 0.3) is 0 Å². The van der Waals surface area contributed by atoms with Gasteiger partial charge in [-0.05, 0) is 36.1 Å². The number of rotatable bonds is 5. The van der Waals surface area contributed by atoms with Crippen LogP contribution in [0.15, 0.2) is 95.0 Å². The normalized spacial score (nSPS) is 15.0. The number of allylic oxidation sites excluding steroid dienone is 2. The minimum atomic E-state index is -1.38. The summed E-state index contributed by atoms with van der Waals surface area (Å²) in [5.74, 6) is 0. The molecular formula is C27H25N2O2S+. The van der Waals surface area contributed by atoms with Crippen molar-refractivity contribution in [1.29, 1.82) is 0 Å². The molecule has 3 aromatic carbocycles. The van der Waals surface area contributed by atoms with Gasteiger partial charge in [-0.25, -0.2) is 0 Å². The molecule has 160 valence electrons. The first kappa shape index (κ1) is 20.8. The highest BCUT2D eigenvalue weighted by atomic mass is 32.2. The average molecular weight is 442 g/mol. The van der Waals surface area contributed by atoms with E-state index in [4.69, 9.17) is 0 Å². The second kappa shape index (κ2) is 8.79. The van der Waals surface area contributed by atoms with Crippen LogP contribution in [0.2, 0.25) is 0 Å². The van der Waals surface area contributed by atoms with E-state index >= 15 is 0 Å². The van der Waals surface area contributed by atoms with E-state index in [1.165, 1.54) is 26.4 Å². The molecule has 0 atom stereocenters. The van der Waals surface area contributed by atoms with Crippen LogP contribution in [0.5, 0.6) is 0 Å². The van der Waals surface area contributed by atoms with E-state index in [9.17, 15) is 10.2 Å². The smallest absolute Gasteiger partial charge is 0.213 e. The lowest BCUT2D eigenvalue weighted by Crippen LogP contribution is -2.40. The van der Waals surface area contributed by atoms with Crippen LogP contribution in [0.25, 0.3) is 27.8 Å². The Morgan fingerprint density at radius 2 is 1.75 bits per heavy atom. The molecule has 0 bridgehead atoms. The van der Waals surface area contributed by atoms with Gasteiger partial charge in [0.15, 0.2) is 12.7 Å². The van der Waals surface area contributed by atoms with E-state index < -0.39 is 6.29 Å². The fourth-order valence-corrected chi connectivity index (χ4v) is 5.49. The molecule has 1 aliphatic heterocycles. The van der Waals surface area contributed by atoms with Crippen molar-refractivity contribution < 1.29 is 14.8 Å². The van der Waals surface area contributed by atoms with Gasteiger partial charge in [0.1, 0.15) is 0 Å². The summed E-state index contributed by atoms with van der Waals surface area (Å²) in [5.41, 5.74) is 3.36. The summed E-state index contributed by atoms with van der Waals surface area (Å²) in [6, 6.07) is 23.0. The first-order valence-electron chi connectivity index (χ1n) is 10.8. The molecule has 0 aliphatic carbocycles. The lowest BCUT2D eigenvalue weighted by atomic mass is 10.1. The Hall–Kier alpha value is -3.12. The van der Waals surface area contributed by atoms with Crippen molar-refractivity contribution in [3.8, 4) is 0 Å². The zero-order valence-electron chi connectivity index (χ0n) is 17.8. The summed E-state index contributed by atoms with van der Waals surface area (Å²) in [6.45, 7) is 3.24. The number of hydrogen-bond acceptors (Lipinski definition) is 4. The first-order valence-corrected chi connectivity index (χ1v) is 11.6. The van der Waals surface area contributed by atoms with Crippen LogP contribution < -0.4 is 9.47 Å². The number of hydrogen-bond donors (Lipinski definition) is 2. The lowest BCUT2D eigenvalue weighted by Gasteiger charge is -2.19. The van der Waals surface area contributed by atoms with Crippen molar-refractivity contribution in [2.24, 2.45) is 0 Å². The zero-order valence-corrected chi connectivity index (χ0v) is 18.7. The number of aliphatic hydroxyl groups excluding tert-OH is 1. The molecular weight excluding hydrogens is 416 g/mol. The number of aliphatic hydroxyl groups is 2. The van der Waals surface area contributed by atoms with E-state index in [1.807, 2.05) is 46.8 Å². The van der Waals surface area contributed by atoms with Crippen LogP contribution in [-0.2, 0) is 6.54 Å². The average Bonchev–Trinajstić information content (AvgIpc) is 3.18. The summed E-state index contributed by atoms with van der Waals surface area (Å²) in [7, 11) is 0. The minimum absolute atomic E-state index is 0.142. The van der Waals surface area contributed by atoms with Crippen molar-refractivity contribution in [2.45, 2.75) is 24.7 Å². The molecule has 4 aromatic rings. The number of benzene rings is 3. The Kier molecular flexibility index (Phi) is 5.70. The second-order valence-corrected chi connectivity index (χ2v) is 8.83. The highest BCUT2D eigenvalue weighted by Gasteiger charge is 2.25. The first-order chi connectivity index (χ1) is 15.7. The Balaban J connectivity index is 1.49. The largest absolute Gasteiger partial charge is 0.363 e. The Bertz CT molecular complexity index is 1360. The molecule has 0 unspecified atom stereocenters. The van der Waals surface area contributed by atoms with Crippen LogP contribution in [0.4, 0.5) is 5.69 Å². The van der Waals surface area contributed by atoms with E-state index in [-0.39, 0.29) is 6.54 Å². The van der Waals surface area contributed by atoms with Gasteiger partial charge in [-0.15, -0.1) is 0 Å². The SMILES string of the molecule is CCN1C(=CC=Cc2cc[n+](CC(O)O)c3ccccc23)Sc2ccc3ccccc3c21. The predicted octanol–water partition coefficient (Wildman–Crippen LogP) is 5.08. The highest BCUT2D eigenvalue weighted by Crippen LogP contribution is 2.49. The number of anilines is 1. The zero-order chi connectivity index (χ0) is 22.1. The van der Waals surface area contributed by atoms with Crippen molar-refractivity contribution in [1.82, 2.24) is 0 Å². The van der Waals surface area contributed by atoms with E-state index in [0.717, 1.165) is 23.0 Å². The standard InChI is InChI=1S/C27H25N2O2S/c1-2-29-25(32-24-15-14-19-8-3-4-11-22(19)27(24)29)13-7-9-20-16-17-28(18-26(30)31)23-12-6-5-10-21(20)23/h3-17,26,30-31H,2,18H2,1H3/q+1. The van der Waals surface area contributed by atoms with E-state index in [0.29, 0.717) is 0 Å². The monoisotopic (exact) mass is 441 g/mol. The van der Waals surface area contributed by atoms with Gasteiger partial charge in [0.05, 0.1) is 16.1 Å². The third-order valence-electron chi connectivity index (χ3n) is 5.76. The van der Waals surface area contributed by atoms with E-state index in [2.05, 4.69) is 72.5 Å². The molecule has 5 heteroatoms.